The quantitative estimate of drug-likeness (QED) is 0.276. The molecule has 0 saturated heterocycles. The average molecular weight is 711 g/mol. The summed E-state index contributed by atoms with van der Waals surface area (Å²) in [6, 6.07) is 14.3. The van der Waals surface area contributed by atoms with E-state index in [0.717, 1.165) is 62.3 Å². The molecule has 2 bridgehead atoms. The lowest BCUT2D eigenvalue weighted by molar-refractivity contribution is -0.117. The zero-order chi connectivity index (χ0) is 35.3. The SMILES string of the molecule is CO[C@H]1/C=C/CCC[S@@](=O)(CC(=O)[C@@H]2C[C@H]2c2ccnn2C)=NC(=O)c2ccc3c(c2)N(C[C@@H]2CC[C@H]21)C[C@@]1(CCCc2cc(C)ccc21)CO3. The van der Waals surface area contributed by atoms with Gasteiger partial charge in [-0.25, -0.2) is 4.21 Å². The molecule has 5 aliphatic rings. The van der Waals surface area contributed by atoms with Crippen molar-refractivity contribution in [3.05, 3.63) is 88.8 Å². The molecule has 10 heteroatoms. The molecule has 0 N–H and O–H groups in total. The molecule has 3 aromatic rings. The molecule has 270 valence electrons. The van der Waals surface area contributed by atoms with Crippen LogP contribution in [0.5, 0.6) is 5.75 Å². The Morgan fingerprint density at radius 3 is 2.80 bits per heavy atom. The summed E-state index contributed by atoms with van der Waals surface area (Å²) in [7, 11) is 0.509. The maximum absolute atomic E-state index is 14.5. The van der Waals surface area contributed by atoms with E-state index >= 15 is 0 Å². The van der Waals surface area contributed by atoms with E-state index in [9.17, 15) is 13.8 Å². The second kappa shape index (κ2) is 13.7. The van der Waals surface area contributed by atoms with Crippen LogP contribution in [0.4, 0.5) is 5.69 Å². The summed E-state index contributed by atoms with van der Waals surface area (Å²) >= 11 is 0. The highest BCUT2D eigenvalue weighted by molar-refractivity contribution is 7.94. The number of anilines is 1. The summed E-state index contributed by atoms with van der Waals surface area (Å²) in [5.74, 6) is 0.776. The van der Waals surface area contributed by atoms with E-state index in [1.165, 1.54) is 16.7 Å². The molecule has 3 aliphatic carbocycles. The predicted molar refractivity (Wildman–Crippen MR) is 199 cm³/mol. The molecule has 1 amide bonds. The standard InChI is InChI=1S/C41H50N4O5S/c1-27-10-14-34-28(20-27)8-7-17-41(34)25-45-23-30-11-13-31(30)38(49-3)9-5-4-6-19-51(48,24-37(46)33-22-32(33)35-16-18-42-44(35)2)43-40(47)29-12-15-39(50-26-41)36(45)21-29/h5,9-10,12,14-16,18,20-21,30-33,38H,4,6-8,11,13,17,19,22-26H2,1-3H3/b9-5+/t30-,31+,32+,33+,38-,41-,51+/m0/s1. The van der Waals surface area contributed by atoms with Crippen LogP contribution in [-0.4, -0.2) is 70.1 Å². The minimum atomic E-state index is -3.16. The van der Waals surface area contributed by atoms with Gasteiger partial charge in [-0.05, 0) is 106 Å². The van der Waals surface area contributed by atoms with Crippen LogP contribution >= 0.6 is 0 Å². The molecule has 1 spiro atoms. The third kappa shape index (κ3) is 6.70. The highest BCUT2D eigenvalue weighted by Gasteiger charge is 2.47. The fourth-order valence-corrected chi connectivity index (χ4v) is 11.3. The van der Waals surface area contributed by atoms with E-state index in [0.29, 0.717) is 43.3 Å². The number of amides is 1. The van der Waals surface area contributed by atoms with Crippen molar-refractivity contribution >= 4 is 27.1 Å². The van der Waals surface area contributed by atoms with Gasteiger partial charge in [0.1, 0.15) is 11.5 Å². The molecule has 51 heavy (non-hydrogen) atoms. The van der Waals surface area contributed by atoms with E-state index < -0.39 is 15.6 Å². The first kappa shape index (κ1) is 34.3. The number of allylic oxidation sites excluding steroid dienone is 1. The van der Waals surface area contributed by atoms with Gasteiger partial charge in [-0.2, -0.15) is 9.46 Å². The fourth-order valence-electron chi connectivity index (χ4n) is 9.31. The molecule has 9 nitrogen and oxygen atoms in total. The summed E-state index contributed by atoms with van der Waals surface area (Å²) in [5, 5.41) is 4.26. The number of ether oxygens (including phenoxy) is 2. The lowest BCUT2D eigenvalue weighted by Crippen LogP contribution is -2.49. The molecule has 7 atom stereocenters. The van der Waals surface area contributed by atoms with Crippen LogP contribution in [-0.2, 0) is 38.1 Å². The van der Waals surface area contributed by atoms with E-state index in [1.807, 2.05) is 25.2 Å². The summed E-state index contributed by atoms with van der Waals surface area (Å²) in [6.45, 7) is 4.34. The maximum Gasteiger partial charge on any atom is 0.285 e. The summed E-state index contributed by atoms with van der Waals surface area (Å²) in [5.41, 5.74) is 6.15. The Morgan fingerprint density at radius 2 is 2.02 bits per heavy atom. The van der Waals surface area contributed by atoms with E-state index in [1.54, 1.807) is 24.1 Å². The lowest BCUT2D eigenvalue weighted by Gasteiger charge is -2.46. The van der Waals surface area contributed by atoms with Gasteiger partial charge in [0, 0.05) is 67.7 Å². The molecule has 2 saturated carbocycles. The van der Waals surface area contributed by atoms with Crippen LogP contribution < -0.4 is 9.64 Å². The number of aromatic nitrogens is 2. The van der Waals surface area contributed by atoms with E-state index in [-0.39, 0.29) is 40.6 Å². The average Bonchev–Trinajstić information content (AvgIpc) is 3.81. The number of methoxy groups -OCH3 is 1. The van der Waals surface area contributed by atoms with Crippen LogP contribution in [0.15, 0.2) is 65.2 Å². The largest absolute Gasteiger partial charge is 0.490 e. The van der Waals surface area contributed by atoms with Gasteiger partial charge in [-0.3, -0.25) is 14.3 Å². The van der Waals surface area contributed by atoms with Crippen LogP contribution in [0, 0.1) is 24.7 Å². The molecule has 2 aliphatic heterocycles. The van der Waals surface area contributed by atoms with Gasteiger partial charge in [-0.1, -0.05) is 35.9 Å². The first-order valence-electron chi connectivity index (χ1n) is 18.7. The summed E-state index contributed by atoms with van der Waals surface area (Å²) in [6.07, 6.45) is 13.4. The van der Waals surface area contributed by atoms with Crippen molar-refractivity contribution in [2.45, 2.75) is 75.7 Å². The van der Waals surface area contributed by atoms with Crippen molar-refractivity contribution in [2.75, 3.05) is 43.2 Å². The number of carbonyl (C=O) groups excluding carboxylic acids is 2. The van der Waals surface area contributed by atoms with E-state index in [2.05, 4.69) is 51.6 Å². The van der Waals surface area contributed by atoms with Crippen LogP contribution in [0.3, 0.4) is 0 Å². The topological polar surface area (TPSA) is 103 Å². The number of aryl methyl sites for hydroxylation is 3. The highest BCUT2D eigenvalue weighted by atomic mass is 32.2. The highest BCUT2D eigenvalue weighted by Crippen LogP contribution is 2.49. The molecule has 0 radical (unpaired) electrons. The van der Waals surface area contributed by atoms with Crippen molar-refractivity contribution in [1.82, 2.24) is 9.78 Å². The van der Waals surface area contributed by atoms with Gasteiger partial charge >= 0.3 is 0 Å². The van der Waals surface area contributed by atoms with Gasteiger partial charge in [0.15, 0.2) is 0 Å². The van der Waals surface area contributed by atoms with Crippen molar-refractivity contribution < 1.29 is 23.3 Å². The second-order valence-electron chi connectivity index (χ2n) is 15.7. The fraction of sp³-hybridized carbons (Fsp3) is 0.537. The number of Topliss-reactive ketones (excluding diaryl/α,β-unsaturated/α-hetero) is 1. The Balaban J connectivity index is 1.15. The number of fused-ring (bicyclic) bond motifs is 4. The first-order chi connectivity index (χ1) is 24.6. The summed E-state index contributed by atoms with van der Waals surface area (Å²) < 4.78 is 33.5. The molecule has 3 heterocycles. The Labute approximate surface area is 302 Å². The molecular formula is C41H50N4O5S. The van der Waals surface area contributed by atoms with Gasteiger partial charge in [-0.15, -0.1) is 0 Å². The van der Waals surface area contributed by atoms with Gasteiger partial charge in [0.05, 0.1) is 33.9 Å². The smallest absolute Gasteiger partial charge is 0.285 e. The Hall–Kier alpha value is -3.76. The van der Waals surface area contributed by atoms with Crippen LogP contribution in [0.1, 0.15) is 83.6 Å². The monoisotopic (exact) mass is 710 g/mol. The van der Waals surface area contributed by atoms with Crippen LogP contribution in [0.2, 0.25) is 0 Å². The Kier molecular flexibility index (Phi) is 9.19. The van der Waals surface area contributed by atoms with Crippen LogP contribution in [0.25, 0.3) is 0 Å². The van der Waals surface area contributed by atoms with Crippen molar-refractivity contribution in [2.24, 2.45) is 29.2 Å². The minimum absolute atomic E-state index is 0.00553. The zero-order valence-corrected chi connectivity index (χ0v) is 30.9. The van der Waals surface area contributed by atoms with Crippen molar-refractivity contribution in [3.8, 4) is 5.75 Å². The third-order valence-corrected chi connectivity index (χ3v) is 14.5. The first-order valence-corrected chi connectivity index (χ1v) is 20.6. The number of ketones is 1. The number of rotatable bonds is 5. The molecule has 1 aromatic heterocycles. The Bertz CT molecular complexity index is 1990. The molecular weight excluding hydrogens is 661 g/mol. The maximum atomic E-state index is 14.5. The Morgan fingerprint density at radius 1 is 1.14 bits per heavy atom. The lowest BCUT2D eigenvalue weighted by atomic mass is 9.68. The molecule has 0 unspecified atom stereocenters. The van der Waals surface area contributed by atoms with Crippen molar-refractivity contribution in [1.29, 1.82) is 0 Å². The number of hydrogen-bond donors (Lipinski definition) is 0. The van der Waals surface area contributed by atoms with Gasteiger partial charge in [0.2, 0.25) is 0 Å². The zero-order valence-electron chi connectivity index (χ0n) is 30.1. The normalized spacial score (nSPS) is 32.4. The van der Waals surface area contributed by atoms with Crippen molar-refractivity contribution in [3.63, 3.8) is 0 Å². The van der Waals surface area contributed by atoms with Gasteiger partial charge in [0.25, 0.3) is 5.91 Å². The van der Waals surface area contributed by atoms with E-state index in [4.69, 9.17) is 9.47 Å². The number of carbonyl (C=O) groups is 2. The predicted octanol–water partition coefficient (Wildman–Crippen LogP) is 6.57. The molecule has 8 rings (SSSR count). The second-order valence-corrected chi connectivity index (χ2v) is 18.2. The number of hydrogen-bond acceptors (Lipinski definition) is 7. The minimum Gasteiger partial charge on any atom is -0.490 e. The third-order valence-electron chi connectivity index (χ3n) is 12.3. The summed E-state index contributed by atoms with van der Waals surface area (Å²) in [4.78, 5) is 30.0. The number of nitrogens with zero attached hydrogens (tertiary/aromatic N) is 4. The number of benzene rings is 2. The molecule has 2 aromatic carbocycles. The molecule has 2 fully saturated rings. The van der Waals surface area contributed by atoms with Gasteiger partial charge < -0.3 is 14.4 Å².